The van der Waals surface area contributed by atoms with Crippen LogP contribution in [0.15, 0.2) is 0 Å². The third-order valence-electron chi connectivity index (χ3n) is 6.78. The zero-order chi connectivity index (χ0) is 21.2. The Kier molecular flexibility index (Phi) is 5.25. The molecule has 0 unspecified atom stereocenters. The van der Waals surface area contributed by atoms with Crippen LogP contribution in [-0.4, -0.2) is 38.9 Å². The molecule has 4 rings (SSSR count). The standard InChI is InChI=1S/C19H32NO6S2/c1-17(2,3)27(22,23)20-28(24,25)18(4,5)16(21)26-12-19-9-13-6-14(10-19)8-15(7-13)11-19/h13-15H,6-12H2,1-5H3/q-1. The number of carbonyl (C=O) groups is 1. The smallest absolute Gasteiger partial charge is 0.325 e. The Morgan fingerprint density at radius 1 is 0.893 bits per heavy atom. The Morgan fingerprint density at radius 2 is 1.32 bits per heavy atom. The van der Waals surface area contributed by atoms with E-state index in [0.717, 1.165) is 33.1 Å². The summed E-state index contributed by atoms with van der Waals surface area (Å²) in [6, 6.07) is 0. The molecule has 28 heavy (non-hydrogen) atoms. The Labute approximate surface area is 169 Å². The van der Waals surface area contributed by atoms with Gasteiger partial charge in [0.05, 0.1) is 26.7 Å². The van der Waals surface area contributed by atoms with Gasteiger partial charge in [0, 0.05) is 10.2 Å². The Bertz CT molecular complexity index is 816. The van der Waals surface area contributed by atoms with Gasteiger partial charge >= 0.3 is 5.97 Å². The van der Waals surface area contributed by atoms with Crippen LogP contribution in [0, 0.1) is 23.2 Å². The zero-order valence-electron chi connectivity index (χ0n) is 17.4. The molecule has 162 valence electrons. The molecule has 4 aliphatic rings. The first-order chi connectivity index (χ1) is 12.6. The summed E-state index contributed by atoms with van der Waals surface area (Å²) in [7, 11) is -8.91. The lowest BCUT2D eigenvalue weighted by Gasteiger charge is -2.56. The number of ether oxygens (including phenoxy) is 1. The fourth-order valence-corrected chi connectivity index (χ4v) is 8.24. The Hall–Kier alpha value is -0.670. The van der Waals surface area contributed by atoms with Gasteiger partial charge in [-0.05, 0) is 90.9 Å². The SMILES string of the molecule is CC(C)(C)S(=O)(=O)[N-]S(=O)(=O)C(C)(C)C(=O)OCC12CC3CC(CC(C3)C1)C2. The molecule has 0 N–H and O–H groups in total. The summed E-state index contributed by atoms with van der Waals surface area (Å²) < 4.78 is 54.9. The van der Waals surface area contributed by atoms with Crippen molar-refractivity contribution in [1.82, 2.24) is 0 Å². The van der Waals surface area contributed by atoms with Gasteiger partial charge in [-0.3, -0.25) is 4.79 Å². The van der Waals surface area contributed by atoms with Gasteiger partial charge in [0.1, 0.15) is 4.75 Å². The van der Waals surface area contributed by atoms with Crippen molar-refractivity contribution in [2.75, 3.05) is 6.61 Å². The summed E-state index contributed by atoms with van der Waals surface area (Å²) >= 11 is 0. The van der Waals surface area contributed by atoms with Gasteiger partial charge < -0.3 is 8.86 Å². The number of carbonyl (C=O) groups excluding carboxylic acids is 1. The minimum atomic E-state index is -4.62. The molecule has 0 saturated heterocycles. The molecule has 0 radical (unpaired) electrons. The first-order valence-electron chi connectivity index (χ1n) is 9.98. The number of nitrogens with zero attached hydrogens (tertiary/aromatic N) is 1. The fourth-order valence-electron chi connectivity index (χ4n) is 5.30. The van der Waals surface area contributed by atoms with Crippen LogP contribution in [0.5, 0.6) is 0 Å². The van der Waals surface area contributed by atoms with E-state index in [-0.39, 0.29) is 12.0 Å². The van der Waals surface area contributed by atoms with Crippen molar-refractivity contribution < 1.29 is 26.4 Å². The quantitative estimate of drug-likeness (QED) is 0.593. The summed E-state index contributed by atoms with van der Waals surface area (Å²) in [6.45, 7) is 6.61. The van der Waals surface area contributed by atoms with E-state index in [1.807, 2.05) is 0 Å². The zero-order valence-corrected chi connectivity index (χ0v) is 19.0. The maximum absolute atomic E-state index is 12.7. The van der Waals surface area contributed by atoms with E-state index >= 15 is 0 Å². The van der Waals surface area contributed by atoms with Crippen molar-refractivity contribution in [3.63, 3.8) is 0 Å². The largest absolute Gasteiger partial charge is 0.464 e. The molecule has 9 heteroatoms. The van der Waals surface area contributed by atoms with Crippen molar-refractivity contribution in [2.45, 2.75) is 82.6 Å². The van der Waals surface area contributed by atoms with Gasteiger partial charge in [-0.15, -0.1) is 0 Å². The van der Waals surface area contributed by atoms with Crippen molar-refractivity contribution in [3.05, 3.63) is 4.13 Å². The van der Waals surface area contributed by atoms with Crippen LogP contribution < -0.4 is 0 Å². The van der Waals surface area contributed by atoms with Crippen LogP contribution in [0.1, 0.15) is 73.1 Å². The van der Waals surface area contributed by atoms with Gasteiger partial charge in [-0.2, -0.15) is 0 Å². The lowest BCUT2D eigenvalue weighted by atomic mass is 9.50. The highest BCUT2D eigenvalue weighted by molar-refractivity contribution is 8.13. The topological polar surface area (TPSA) is 109 Å². The van der Waals surface area contributed by atoms with Crippen molar-refractivity contribution >= 4 is 26.0 Å². The van der Waals surface area contributed by atoms with Gasteiger partial charge in [0.25, 0.3) is 0 Å². The molecule has 0 aromatic rings. The predicted molar refractivity (Wildman–Crippen MR) is 107 cm³/mol. The average molecular weight is 435 g/mol. The van der Waals surface area contributed by atoms with E-state index in [0.29, 0.717) is 17.8 Å². The molecule has 0 amide bonds. The van der Waals surface area contributed by atoms with Crippen LogP contribution in [0.4, 0.5) is 0 Å². The van der Waals surface area contributed by atoms with E-state index in [1.54, 1.807) is 0 Å². The first-order valence-corrected chi connectivity index (χ1v) is 12.9. The molecule has 4 bridgehead atoms. The van der Waals surface area contributed by atoms with E-state index in [1.165, 1.54) is 40.0 Å². The van der Waals surface area contributed by atoms with Crippen LogP contribution in [0.25, 0.3) is 4.13 Å². The summed E-state index contributed by atoms with van der Waals surface area (Å²) in [6.07, 6.45) is 6.87. The van der Waals surface area contributed by atoms with Gasteiger partial charge in [-0.25, -0.2) is 16.8 Å². The highest BCUT2D eigenvalue weighted by Crippen LogP contribution is 2.60. The maximum atomic E-state index is 12.7. The predicted octanol–water partition coefficient (Wildman–Crippen LogP) is 3.36. The summed E-state index contributed by atoms with van der Waals surface area (Å²) in [5, 5.41) is 0. The molecule has 7 nitrogen and oxygen atoms in total. The molecule has 4 saturated carbocycles. The summed E-state index contributed by atoms with van der Waals surface area (Å²) in [5.41, 5.74) is -0.0428. The van der Waals surface area contributed by atoms with E-state index in [4.69, 9.17) is 4.74 Å². The number of esters is 1. The van der Waals surface area contributed by atoms with Gasteiger partial charge in [0.2, 0.25) is 0 Å². The normalized spacial score (nSPS) is 33.1. The van der Waals surface area contributed by atoms with Gasteiger partial charge in [-0.1, -0.05) is 0 Å². The minimum absolute atomic E-state index is 0.0428. The maximum Gasteiger partial charge on any atom is 0.325 e. The molecule has 0 spiro atoms. The molecular weight excluding hydrogens is 402 g/mol. The molecule has 0 aromatic carbocycles. The van der Waals surface area contributed by atoms with Crippen LogP contribution in [0.2, 0.25) is 0 Å². The summed E-state index contributed by atoms with van der Waals surface area (Å²) in [5.74, 6) is 1.13. The molecule has 4 aliphatic carbocycles. The van der Waals surface area contributed by atoms with Gasteiger partial charge in [0.15, 0.2) is 0 Å². The first kappa shape index (κ1) is 22.0. The lowest BCUT2D eigenvalue weighted by molar-refractivity contribution is -0.157. The van der Waals surface area contributed by atoms with Crippen molar-refractivity contribution in [2.24, 2.45) is 23.2 Å². The van der Waals surface area contributed by atoms with Crippen LogP contribution >= 0.6 is 0 Å². The molecule has 0 aliphatic heterocycles. The third kappa shape index (κ3) is 3.86. The van der Waals surface area contributed by atoms with Crippen LogP contribution in [-0.2, 0) is 29.6 Å². The number of rotatable bonds is 6. The summed E-state index contributed by atoms with van der Waals surface area (Å²) in [4.78, 5) is 12.7. The van der Waals surface area contributed by atoms with E-state index < -0.39 is 35.5 Å². The fraction of sp³-hybridized carbons (Fsp3) is 0.947. The number of sulfonamides is 2. The monoisotopic (exact) mass is 434 g/mol. The van der Waals surface area contributed by atoms with Crippen molar-refractivity contribution in [3.8, 4) is 0 Å². The van der Waals surface area contributed by atoms with E-state index in [2.05, 4.69) is 4.13 Å². The number of hydrogen-bond donors (Lipinski definition) is 0. The Balaban J connectivity index is 1.69. The molecule has 0 heterocycles. The highest BCUT2D eigenvalue weighted by Gasteiger charge is 2.52. The molecule has 4 fully saturated rings. The second-order valence-corrected chi connectivity index (χ2v) is 15.4. The van der Waals surface area contributed by atoms with Crippen molar-refractivity contribution in [1.29, 1.82) is 0 Å². The minimum Gasteiger partial charge on any atom is -0.464 e. The second-order valence-electron chi connectivity index (χ2n) is 10.6. The average Bonchev–Trinajstić information content (AvgIpc) is 2.49. The molecular formula is C19H32NO6S2-. The molecule has 0 aromatic heterocycles. The Morgan fingerprint density at radius 3 is 1.71 bits per heavy atom. The second kappa shape index (κ2) is 6.67. The molecule has 0 atom stereocenters. The third-order valence-corrected chi connectivity index (χ3v) is 11.4. The van der Waals surface area contributed by atoms with Crippen LogP contribution in [0.3, 0.4) is 0 Å². The lowest BCUT2D eigenvalue weighted by Crippen LogP contribution is -2.50. The highest BCUT2D eigenvalue weighted by atomic mass is 32.3. The number of hydrogen-bond acceptors (Lipinski definition) is 6. The van der Waals surface area contributed by atoms with E-state index in [9.17, 15) is 21.6 Å².